The number of para-hydroxylation sites is 2. The van der Waals surface area contributed by atoms with Gasteiger partial charge in [-0.1, -0.05) is 18.2 Å². The monoisotopic (exact) mass is 293 g/mol. The zero-order chi connectivity index (χ0) is 15.4. The largest absolute Gasteiger partial charge is 0.454 e. The van der Waals surface area contributed by atoms with Crippen LogP contribution in [0, 0.1) is 11.3 Å². The fourth-order valence-electron chi connectivity index (χ4n) is 2.35. The summed E-state index contributed by atoms with van der Waals surface area (Å²) in [5, 5.41) is 15.4. The summed E-state index contributed by atoms with van der Waals surface area (Å²) in [5.74, 6) is 0.858. The van der Waals surface area contributed by atoms with Crippen molar-refractivity contribution >= 4 is 11.6 Å². The molecular weight excluding hydrogens is 278 g/mol. The molecule has 0 bridgehead atoms. The summed E-state index contributed by atoms with van der Waals surface area (Å²) in [7, 11) is 0. The minimum atomic E-state index is -0.157. The number of benzene rings is 2. The normalized spacial score (nSPS) is 14.0. The molecule has 0 aromatic heterocycles. The molecule has 0 aliphatic carbocycles. The molecule has 2 N–H and O–H groups in total. The molecule has 0 unspecified atom stereocenters. The molecule has 5 nitrogen and oxygen atoms in total. The summed E-state index contributed by atoms with van der Waals surface area (Å²) in [6.07, 6.45) is 0.757. The van der Waals surface area contributed by atoms with Crippen LogP contribution in [0.15, 0.2) is 42.5 Å². The molecule has 22 heavy (non-hydrogen) atoms. The number of rotatable bonds is 0. The molecule has 0 saturated heterocycles. The number of hydrogen-bond donors (Lipinski definition) is 2. The molecule has 0 radical (unpaired) electrons. The van der Waals surface area contributed by atoms with Crippen LogP contribution in [0.2, 0.25) is 0 Å². The van der Waals surface area contributed by atoms with Gasteiger partial charge in [-0.3, -0.25) is 4.79 Å². The standard InChI is InChI=1S/C17H15N3O2/c18-11-12-5-3-8-15-16(12)19-9-4-10-20-17(21)13-6-1-2-7-14(13)22-15/h1-3,5-8,19H,4,9-10H2,(H,20,21). The molecule has 2 aromatic rings. The van der Waals surface area contributed by atoms with Crippen molar-refractivity contribution in [3.05, 3.63) is 53.6 Å². The third-order valence-electron chi connectivity index (χ3n) is 3.44. The smallest absolute Gasteiger partial charge is 0.255 e. The number of ether oxygens (including phenoxy) is 1. The van der Waals surface area contributed by atoms with Crippen molar-refractivity contribution in [3.8, 4) is 17.6 Å². The Morgan fingerprint density at radius 3 is 2.64 bits per heavy atom. The maximum absolute atomic E-state index is 12.2. The molecule has 0 atom stereocenters. The second-order valence-electron chi connectivity index (χ2n) is 4.92. The van der Waals surface area contributed by atoms with E-state index in [-0.39, 0.29) is 5.91 Å². The van der Waals surface area contributed by atoms with Gasteiger partial charge in [-0.25, -0.2) is 0 Å². The van der Waals surface area contributed by atoms with Crippen molar-refractivity contribution in [2.24, 2.45) is 0 Å². The summed E-state index contributed by atoms with van der Waals surface area (Å²) in [6, 6.07) is 14.5. The Labute approximate surface area is 128 Å². The van der Waals surface area contributed by atoms with Crippen LogP contribution in [0.5, 0.6) is 11.5 Å². The Kier molecular flexibility index (Phi) is 3.92. The number of fused-ring (bicyclic) bond motifs is 2. The third-order valence-corrected chi connectivity index (χ3v) is 3.44. The topological polar surface area (TPSA) is 74.2 Å². The number of nitrogens with one attached hydrogen (secondary N) is 2. The van der Waals surface area contributed by atoms with Crippen LogP contribution in [0.1, 0.15) is 22.3 Å². The van der Waals surface area contributed by atoms with Gasteiger partial charge in [-0.15, -0.1) is 0 Å². The van der Waals surface area contributed by atoms with Gasteiger partial charge in [0.15, 0.2) is 5.75 Å². The maximum Gasteiger partial charge on any atom is 0.255 e. The summed E-state index contributed by atoms with van der Waals surface area (Å²) in [6.45, 7) is 1.20. The van der Waals surface area contributed by atoms with E-state index in [9.17, 15) is 10.1 Å². The molecule has 1 aliphatic heterocycles. The highest BCUT2D eigenvalue weighted by Crippen LogP contribution is 2.34. The van der Waals surface area contributed by atoms with Gasteiger partial charge < -0.3 is 15.4 Å². The van der Waals surface area contributed by atoms with Crippen molar-refractivity contribution in [2.75, 3.05) is 18.4 Å². The molecule has 1 heterocycles. The number of nitrogens with zero attached hydrogens (tertiary/aromatic N) is 1. The van der Waals surface area contributed by atoms with Crippen LogP contribution >= 0.6 is 0 Å². The Hall–Kier alpha value is -3.00. The average Bonchev–Trinajstić information content (AvgIpc) is 2.58. The molecular formula is C17H15N3O2. The van der Waals surface area contributed by atoms with Crippen molar-refractivity contribution in [1.29, 1.82) is 5.26 Å². The lowest BCUT2D eigenvalue weighted by Crippen LogP contribution is -2.25. The molecule has 3 rings (SSSR count). The first kappa shape index (κ1) is 14.0. The van der Waals surface area contributed by atoms with Crippen LogP contribution in [-0.2, 0) is 0 Å². The lowest BCUT2D eigenvalue weighted by atomic mass is 10.1. The fraction of sp³-hybridized carbons (Fsp3) is 0.176. The number of carbonyl (C=O) groups excluding carboxylic acids is 1. The first-order valence-electron chi connectivity index (χ1n) is 7.11. The lowest BCUT2D eigenvalue weighted by molar-refractivity contribution is 0.0951. The van der Waals surface area contributed by atoms with E-state index in [0.717, 1.165) is 6.42 Å². The summed E-state index contributed by atoms with van der Waals surface area (Å²) < 4.78 is 5.91. The van der Waals surface area contributed by atoms with Crippen LogP contribution in [0.3, 0.4) is 0 Å². The van der Waals surface area contributed by atoms with Gasteiger partial charge in [0, 0.05) is 13.1 Å². The molecule has 110 valence electrons. The first-order valence-corrected chi connectivity index (χ1v) is 7.11. The fourth-order valence-corrected chi connectivity index (χ4v) is 2.35. The Morgan fingerprint density at radius 2 is 1.77 bits per heavy atom. The van der Waals surface area contributed by atoms with Crippen molar-refractivity contribution < 1.29 is 9.53 Å². The summed E-state index contributed by atoms with van der Waals surface area (Å²) >= 11 is 0. The number of nitriles is 1. The predicted molar refractivity (Wildman–Crippen MR) is 83.1 cm³/mol. The minimum absolute atomic E-state index is 0.157. The van der Waals surface area contributed by atoms with Crippen LogP contribution < -0.4 is 15.4 Å². The highest BCUT2D eigenvalue weighted by atomic mass is 16.5. The number of hydrogen-bond acceptors (Lipinski definition) is 4. The van der Waals surface area contributed by atoms with E-state index in [1.807, 2.05) is 6.07 Å². The highest BCUT2D eigenvalue weighted by molar-refractivity contribution is 5.97. The van der Waals surface area contributed by atoms with Crippen molar-refractivity contribution in [2.45, 2.75) is 6.42 Å². The second-order valence-corrected chi connectivity index (χ2v) is 4.92. The first-order chi connectivity index (χ1) is 10.8. The summed E-state index contributed by atoms with van der Waals surface area (Å²) in [5.41, 5.74) is 1.67. The second kappa shape index (κ2) is 6.19. The van der Waals surface area contributed by atoms with E-state index >= 15 is 0 Å². The number of carbonyl (C=O) groups is 1. The van der Waals surface area contributed by atoms with E-state index < -0.39 is 0 Å². The van der Waals surface area contributed by atoms with Crippen LogP contribution in [0.25, 0.3) is 0 Å². The van der Waals surface area contributed by atoms with E-state index in [1.165, 1.54) is 0 Å². The van der Waals surface area contributed by atoms with Gasteiger partial charge >= 0.3 is 0 Å². The quantitative estimate of drug-likeness (QED) is 0.783. The molecule has 5 heteroatoms. The molecule has 2 aromatic carbocycles. The highest BCUT2D eigenvalue weighted by Gasteiger charge is 2.16. The average molecular weight is 293 g/mol. The molecule has 0 fully saturated rings. The predicted octanol–water partition coefficient (Wildman–Crippen LogP) is 2.90. The Balaban J connectivity index is 2.09. The molecule has 0 saturated carbocycles. The van der Waals surface area contributed by atoms with Crippen LogP contribution in [0.4, 0.5) is 5.69 Å². The van der Waals surface area contributed by atoms with Gasteiger partial charge in [0.05, 0.1) is 16.8 Å². The maximum atomic E-state index is 12.2. The third kappa shape index (κ3) is 2.72. The van der Waals surface area contributed by atoms with Gasteiger partial charge in [0.1, 0.15) is 11.8 Å². The van der Waals surface area contributed by atoms with Gasteiger partial charge in [-0.05, 0) is 30.7 Å². The SMILES string of the molecule is N#Cc1cccc2c1NCCCNC(=O)c1ccccc1O2. The number of anilines is 1. The molecule has 0 spiro atoms. The summed E-state index contributed by atoms with van der Waals surface area (Å²) in [4.78, 5) is 12.2. The van der Waals surface area contributed by atoms with E-state index in [4.69, 9.17) is 4.74 Å². The lowest BCUT2D eigenvalue weighted by Gasteiger charge is -2.14. The Morgan fingerprint density at radius 1 is 1.00 bits per heavy atom. The van der Waals surface area contributed by atoms with Crippen molar-refractivity contribution in [3.63, 3.8) is 0 Å². The number of amides is 1. The van der Waals surface area contributed by atoms with Crippen molar-refractivity contribution in [1.82, 2.24) is 5.32 Å². The van der Waals surface area contributed by atoms with Gasteiger partial charge in [-0.2, -0.15) is 5.26 Å². The zero-order valence-electron chi connectivity index (χ0n) is 11.9. The van der Waals surface area contributed by atoms with Gasteiger partial charge in [0.2, 0.25) is 0 Å². The Bertz CT molecular complexity index is 750. The van der Waals surface area contributed by atoms with E-state index in [1.54, 1.807) is 36.4 Å². The minimum Gasteiger partial charge on any atom is -0.454 e. The molecule has 1 amide bonds. The van der Waals surface area contributed by atoms with E-state index in [0.29, 0.717) is 41.4 Å². The van der Waals surface area contributed by atoms with Crippen LogP contribution in [-0.4, -0.2) is 19.0 Å². The zero-order valence-corrected chi connectivity index (χ0v) is 11.9. The van der Waals surface area contributed by atoms with Gasteiger partial charge in [0.25, 0.3) is 5.91 Å². The molecule has 1 aliphatic rings. The van der Waals surface area contributed by atoms with E-state index in [2.05, 4.69) is 16.7 Å².